The van der Waals surface area contributed by atoms with Crippen molar-refractivity contribution in [3.8, 4) is 0 Å². The second-order valence-electron chi connectivity index (χ2n) is 4.52. The third kappa shape index (κ3) is 3.56. The minimum Gasteiger partial charge on any atom is -0.352 e. The smallest absolute Gasteiger partial charge is 0.0225 e. The van der Waals surface area contributed by atoms with Crippen molar-refractivity contribution >= 4 is 11.8 Å². The Labute approximate surface area is 104 Å². The van der Waals surface area contributed by atoms with Crippen molar-refractivity contribution in [2.75, 3.05) is 12.0 Å². The monoisotopic (exact) mass is 240 g/mol. The second kappa shape index (κ2) is 6.36. The number of thioether (sulfide) groups is 1. The van der Waals surface area contributed by atoms with Crippen molar-refractivity contribution in [1.82, 2.24) is 9.88 Å². The zero-order valence-electron chi connectivity index (χ0n) is 11.1. The molecule has 3 heteroatoms. The first kappa shape index (κ1) is 13.7. The molecule has 2 nitrogen and oxygen atoms in total. The fourth-order valence-corrected chi connectivity index (χ4v) is 2.38. The Morgan fingerprint density at radius 1 is 1.44 bits per heavy atom. The van der Waals surface area contributed by atoms with Gasteiger partial charge in [-0.05, 0) is 50.8 Å². The molecule has 1 atom stereocenters. The minimum absolute atomic E-state index is 0.604. The Hall–Kier alpha value is -0.410. The van der Waals surface area contributed by atoms with Crippen LogP contribution < -0.4 is 5.32 Å². The first-order valence-corrected chi connectivity index (χ1v) is 7.29. The van der Waals surface area contributed by atoms with Crippen LogP contribution in [0.1, 0.15) is 30.3 Å². The van der Waals surface area contributed by atoms with E-state index in [4.69, 9.17) is 0 Å². The lowest BCUT2D eigenvalue weighted by atomic mass is 10.2. The van der Waals surface area contributed by atoms with Gasteiger partial charge in [0.1, 0.15) is 0 Å². The van der Waals surface area contributed by atoms with Crippen LogP contribution in [-0.2, 0) is 13.6 Å². The summed E-state index contributed by atoms with van der Waals surface area (Å²) in [5.74, 6) is 1.24. The molecule has 0 bridgehead atoms. The lowest BCUT2D eigenvalue weighted by molar-refractivity contribution is 0.536. The molecule has 1 heterocycles. The fraction of sp³-hybridized carbons (Fsp3) is 0.692. The van der Waals surface area contributed by atoms with E-state index in [0.717, 1.165) is 6.54 Å². The van der Waals surface area contributed by atoms with E-state index in [1.807, 2.05) is 11.8 Å². The summed E-state index contributed by atoms with van der Waals surface area (Å²) in [6, 6.07) is 2.89. The number of hydrogen-bond donors (Lipinski definition) is 1. The van der Waals surface area contributed by atoms with Gasteiger partial charge in [-0.15, -0.1) is 0 Å². The van der Waals surface area contributed by atoms with Crippen molar-refractivity contribution in [2.24, 2.45) is 7.05 Å². The summed E-state index contributed by atoms with van der Waals surface area (Å²) in [6.07, 6.45) is 3.41. The standard InChI is InChI=1S/C13H24N2S/c1-10(6-7-16-5)14-9-13-8-11(2)15(4)12(13)3/h8,10,14H,6-7,9H2,1-5H3. The molecule has 0 aromatic carbocycles. The lowest BCUT2D eigenvalue weighted by Crippen LogP contribution is -2.26. The molecule has 16 heavy (non-hydrogen) atoms. The Bertz CT molecular complexity index is 331. The number of nitrogens with one attached hydrogen (secondary N) is 1. The van der Waals surface area contributed by atoms with E-state index < -0.39 is 0 Å². The summed E-state index contributed by atoms with van der Waals surface area (Å²) < 4.78 is 2.25. The summed E-state index contributed by atoms with van der Waals surface area (Å²) in [6.45, 7) is 7.61. The van der Waals surface area contributed by atoms with Crippen molar-refractivity contribution in [3.63, 3.8) is 0 Å². The van der Waals surface area contributed by atoms with Crippen LogP contribution in [0.4, 0.5) is 0 Å². The molecule has 0 aliphatic rings. The van der Waals surface area contributed by atoms with E-state index in [-0.39, 0.29) is 0 Å². The van der Waals surface area contributed by atoms with E-state index in [0.29, 0.717) is 6.04 Å². The third-order valence-electron chi connectivity index (χ3n) is 3.28. The lowest BCUT2D eigenvalue weighted by Gasteiger charge is -2.13. The van der Waals surface area contributed by atoms with Crippen LogP contribution in [0.3, 0.4) is 0 Å². The maximum absolute atomic E-state index is 3.59. The van der Waals surface area contributed by atoms with Gasteiger partial charge >= 0.3 is 0 Å². The average Bonchev–Trinajstić information content (AvgIpc) is 2.51. The molecule has 0 saturated heterocycles. The van der Waals surface area contributed by atoms with Gasteiger partial charge in [0.2, 0.25) is 0 Å². The molecule has 1 rings (SSSR count). The molecular formula is C13H24N2S. The molecule has 1 N–H and O–H groups in total. The first-order valence-electron chi connectivity index (χ1n) is 5.90. The number of aromatic nitrogens is 1. The SMILES string of the molecule is CSCCC(C)NCc1cc(C)n(C)c1C. The highest BCUT2D eigenvalue weighted by Crippen LogP contribution is 2.13. The molecule has 0 fully saturated rings. The van der Waals surface area contributed by atoms with Crippen LogP contribution >= 0.6 is 11.8 Å². The van der Waals surface area contributed by atoms with E-state index in [1.54, 1.807) is 0 Å². The molecule has 0 radical (unpaired) electrons. The molecule has 0 amide bonds. The van der Waals surface area contributed by atoms with Gasteiger partial charge in [-0.3, -0.25) is 0 Å². The van der Waals surface area contributed by atoms with E-state index in [1.165, 1.54) is 29.1 Å². The normalized spacial score (nSPS) is 13.1. The maximum atomic E-state index is 3.59. The van der Waals surface area contributed by atoms with Gasteiger partial charge in [0, 0.05) is 31.0 Å². The highest BCUT2D eigenvalue weighted by molar-refractivity contribution is 7.98. The molecule has 92 valence electrons. The molecular weight excluding hydrogens is 216 g/mol. The molecule has 0 aliphatic heterocycles. The molecule has 1 aromatic rings. The highest BCUT2D eigenvalue weighted by atomic mass is 32.2. The first-order chi connectivity index (χ1) is 7.56. The van der Waals surface area contributed by atoms with Crippen LogP contribution in [0.2, 0.25) is 0 Å². The Balaban J connectivity index is 2.45. The predicted octanol–water partition coefficient (Wildman–Crippen LogP) is 2.87. The summed E-state index contributed by atoms with van der Waals surface area (Å²) in [5, 5.41) is 3.59. The van der Waals surface area contributed by atoms with E-state index in [9.17, 15) is 0 Å². The van der Waals surface area contributed by atoms with Gasteiger partial charge in [-0.25, -0.2) is 0 Å². The van der Waals surface area contributed by atoms with E-state index >= 15 is 0 Å². The summed E-state index contributed by atoms with van der Waals surface area (Å²) in [5.41, 5.74) is 4.14. The van der Waals surface area contributed by atoms with Crippen molar-refractivity contribution in [3.05, 3.63) is 23.0 Å². The van der Waals surface area contributed by atoms with Gasteiger partial charge in [-0.2, -0.15) is 11.8 Å². The topological polar surface area (TPSA) is 17.0 Å². The summed E-state index contributed by atoms with van der Waals surface area (Å²) in [7, 11) is 2.13. The van der Waals surface area contributed by atoms with Crippen LogP contribution in [-0.4, -0.2) is 22.6 Å². The van der Waals surface area contributed by atoms with Crippen LogP contribution in [0.5, 0.6) is 0 Å². The Kier molecular flexibility index (Phi) is 5.42. The van der Waals surface area contributed by atoms with Gasteiger partial charge in [0.25, 0.3) is 0 Å². The Morgan fingerprint density at radius 3 is 2.62 bits per heavy atom. The van der Waals surface area contributed by atoms with Gasteiger partial charge in [0.15, 0.2) is 0 Å². The van der Waals surface area contributed by atoms with Gasteiger partial charge < -0.3 is 9.88 Å². The third-order valence-corrected chi connectivity index (χ3v) is 3.92. The van der Waals surface area contributed by atoms with Crippen LogP contribution in [0.25, 0.3) is 0 Å². The Morgan fingerprint density at radius 2 is 2.12 bits per heavy atom. The van der Waals surface area contributed by atoms with E-state index in [2.05, 4.69) is 50.0 Å². The van der Waals surface area contributed by atoms with Gasteiger partial charge in [0.05, 0.1) is 0 Å². The quantitative estimate of drug-likeness (QED) is 0.823. The highest BCUT2D eigenvalue weighted by Gasteiger charge is 2.07. The van der Waals surface area contributed by atoms with Crippen LogP contribution in [0, 0.1) is 13.8 Å². The van der Waals surface area contributed by atoms with Crippen molar-refractivity contribution in [1.29, 1.82) is 0 Å². The zero-order chi connectivity index (χ0) is 12.1. The molecule has 0 aliphatic carbocycles. The van der Waals surface area contributed by atoms with Gasteiger partial charge in [-0.1, -0.05) is 0 Å². The summed E-state index contributed by atoms with van der Waals surface area (Å²) in [4.78, 5) is 0. The number of hydrogen-bond acceptors (Lipinski definition) is 2. The number of rotatable bonds is 6. The summed E-state index contributed by atoms with van der Waals surface area (Å²) >= 11 is 1.92. The second-order valence-corrected chi connectivity index (χ2v) is 5.50. The van der Waals surface area contributed by atoms with Crippen molar-refractivity contribution < 1.29 is 0 Å². The number of nitrogens with zero attached hydrogens (tertiary/aromatic N) is 1. The van der Waals surface area contributed by atoms with Crippen LogP contribution in [0.15, 0.2) is 6.07 Å². The number of aryl methyl sites for hydroxylation is 1. The largest absolute Gasteiger partial charge is 0.352 e. The average molecular weight is 240 g/mol. The maximum Gasteiger partial charge on any atom is 0.0225 e. The molecule has 1 aromatic heterocycles. The fourth-order valence-electron chi connectivity index (χ4n) is 1.79. The minimum atomic E-state index is 0.604. The molecule has 0 saturated carbocycles. The predicted molar refractivity (Wildman–Crippen MR) is 74.2 cm³/mol. The molecule has 0 spiro atoms. The molecule has 1 unspecified atom stereocenters. The van der Waals surface area contributed by atoms with Crippen molar-refractivity contribution in [2.45, 2.75) is 39.8 Å². The zero-order valence-corrected chi connectivity index (χ0v) is 11.9.